The van der Waals surface area contributed by atoms with Crippen LogP contribution in [0.15, 0.2) is 66.7 Å². The van der Waals surface area contributed by atoms with Gasteiger partial charge in [-0.05, 0) is 68.4 Å². The molecule has 78 heavy (non-hydrogen) atoms. The number of rotatable bonds is 14. The molecule has 0 spiro atoms. The Labute approximate surface area is 455 Å². The van der Waals surface area contributed by atoms with Gasteiger partial charge in [0.1, 0.15) is 66.9 Å². The molecule has 9 N–H and O–H groups in total. The molecule has 23 heteroatoms. The Kier molecular flexibility index (Phi) is 24.2. The average molecular weight is 1090 g/mol. The van der Waals surface area contributed by atoms with E-state index in [1.807, 2.05) is 6.92 Å². The molecule has 0 aromatic heterocycles. The lowest BCUT2D eigenvalue weighted by Gasteiger charge is -2.35. The second-order valence-corrected chi connectivity index (χ2v) is 20.3. The molecule has 3 aliphatic heterocycles. The molecule has 7 amide bonds. The Bertz CT molecular complexity index is 2420. The van der Waals surface area contributed by atoms with Crippen molar-refractivity contribution in [3.63, 3.8) is 0 Å². The number of nitrogens with one attached hydrogen (secondary N) is 6. The van der Waals surface area contributed by atoms with Gasteiger partial charge < -0.3 is 71.1 Å². The Balaban J connectivity index is 2.04. The molecular weight excluding hydrogens is 1010 g/mol. The summed E-state index contributed by atoms with van der Waals surface area (Å²) in [6, 6.07) is 4.24. The minimum atomic E-state index is -1.97. The fourth-order valence-electron chi connectivity index (χ4n) is 8.54. The van der Waals surface area contributed by atoms with Crippen LogP contribution in [0.5, 0.6) is 5.75 Å². The van der Waals surface area contributed by atoms with Gasteiger partial charge >= 0.3 is 11.9 Å². The highest BCUT2D eigenvalue weighted by atomic mass is 16.6. The fraction of sp³-hybridized carbons (Fsp3) is 0.582. The summed E-state index contributed by atoms with van der Waals surface area (Å²) in [6.45, 7) is 11.8. The van der Waals surface area contributed by atoms with Crippen LogP contribution in [-0.4, -0.2) is 167 Å². The molecule has 1 saturated heterocycles. The van der Waals surface area contributed by atoms with Crippen molar-refractivity contribution in [3.8, 4) is 5.75 Å². The molecule has 430 valence electrons. The van der Waals surface area contributed by atoms with E-state index in [2.05, 4.69) is 31.9 Å². The zero-order valence-electron chi connectivity index (χ0n) is 46.1. The molecule has 0 aliphatic carbocycles. The molecule has 23 nitrogen and oxygen atoms in total. The number of cyclic esters (lactones) is 1. The number of esters is 2. The van der Waals surface area contributed by atoms with Gasteiger partial charge in [0.25, 0.3) is 0 Å². The summed E-state index contributed by atoms with van der Waals surface area (Å²) in [4.78, 5) is 130. The molecule has 3 aliphatic rings. The zero-order valence-corrected chi connectivity index (χ0v) is 46.1. The van der Waals surface area contributed by atoms with Crippen LogP contribution >= 0.6 is 0 Å². The van der Waals surface area contributed by atoms with E-state index in [1.54, 1.807) is 65.0 Å². The third-order valence-corrected chi connectivity index (χ3v) is 14.0. The van der Waals surface area contributed by atoms with Gasteiger partial charge in [-0.25, -0.2) is 4.79 Å². The second kappa shape index (κ2) is 29.7. The van der Waals surface area contributed by atoms with Gasteiger partial charge in [0.05, 0.1) is 24.7 Å². The van der Waals surface area contributed by atoms with Crippen LogP contribution < -0.4 is 36.6 Å². The maximum Gasteiger partial charge on any atom is 0.332 e. The van der Waals surface area contributed by atoms with Gasteiger partial charge in [0.15, 0.2) is 6.04 Å². The summed E-state index contributed by atoms with van der Waals surface area (Å²) in [6.07, 6.45) is -1.82. The number of nitrogens with zero attached hydrogens (tertiary/aromatic N) is 1. The lowest BCUT2D eigenvalue weighted by molar-refractivity contribution is -0.160. The van der Waals surface area contributed by atoms with Crippen molar-refractivity contribution in [2.75, 3.05) is 33.4 Å². The third-order valence-electron chi connectivity index (χ3n) is 14.0. The first-order chi connectivity index (χ1) is 36.9. The van der Waals surface area contributed by atoms with Gasteiger partial charge in [-0.1, -0.05) is 96.8 Å². The first-order valence-electron chi connectivity index (χ1n) is 26.4. The number of aliphatic hydroxyl groups excluding tert-OH is 3. The number of fused-ring (bicyclic) bond motifs is 11. The molecule has 3 heterocycles. The molecule has 5 rings (SSSR count). The highest BCUT2D eigenvalue weighted by Crippen LogP contribution is 2.28. The van der Waals surface area contributed by atoms with E-state index in [-0.39, 0.29) is 30.8 Å². The van der Waals surface area contributed by atoms with Crippen LogP contribution in [0.2, 0.25) is 0 Å². The molecule has 2 aromatic rings. The summed E-state index contributed by atoms with van der Waals surface area (Å²) in [7, 11) is 1.31. The van der Waals surface area contributed by atoms with Gasteiger partial charge in [0, 0.05) is 26.2 Å². The lowest BCUT2D eigenvalue weighted by Crippen LogP contribution is -2.61. The number of carbonyl (C=O) groups excluding carboxylic acids is 9. The number of hydrogen-bond donors (Lipinski definition) is 9. The van der Waals surface area contributed by atoms with Crippen molar-refractivity contribution >= 4 is 53.3 Å². The summed E-state index contributed by atoms with van der Waals surface area (Å²) in [5.74, 6) is -11.2. The molecule has 2 aromatic carbocycles. The van der Waals surface area contributed by atoms with Crippen molar-refractivity contribution in [2.24, 2.45) is 17.8 Å². The maximum atomic E-state index is 15.3. The monoisotopic (exact) mass is 1090 g/mol. The van der Waals surface area contributed by atoms with Crippen LogP contribution in [0.3, 0.4) is 0 Å². The SMILES string of the molecule is CCCCOC1(CO)/C=C/C(=O)NCC(=O)OC[C@@H]2NC(=O)[C@@H]([C@@H](C)O)NC(=O)[C@H](Cc3ccccc3)N(C)C(=O)[C@@H](NC(=O)[C@@H]([C@@H](C)CC)NC(=O)[C@@H](NC(=O)[C@H](C)[C@H](O)C(C)C)[C@@H](C)OC2=O)c2ccc(cc2)O[C@@H]1C. The Hall–Kier alpha value is -6.95. The summed E-state index contributed by atoms with van der Waals surface area (Å²) < 4.78 is 23.6. The van der Waals surface area contributed by atoms with Gasteiger partial charge in [-0.15, -0.1) is 0 Å². The van der Waals surface area contributed by atoms with Crippen LogP contribution in [0.1, 0.15) is 98.7 Å². The maximum absolute atomic E-state index is 15.3. The smallest absolute Gasteiger partial charge is 0.332 e. The first-order valence-corrected chi connectivity index (χ1v) is 26.4. The number of carbonyl (C=O) groups is 9. The molecule has 0 radical (unpaired) electrons. The number of likely N-dealkylation sites (N-methyl/N-ethyl adjacent to an activating group) is 1. The van der Waals surface area contributed by atoms with E-state index in [1.165, 1.54) is 58.2 Å². The number of amides is 7. The topological polar surface area (TPSA) is 327 Å². The molecule has 1 fully saturated rings. The van der Waals surface area contributed by atoms with Gasteiger partial charge in [-0.3, -0.25) is 38.4 Å². The average Bonchev–Trinajstić information content (AvgIpc) is 3.44. The zero-order chi connectivity index (χ0) is 58.0. The molecule has 13 atom stereocenters. The third kappa shape index (κ3) is 17.3. The Morgan fingerprint density at radius 2 is 1.47 bits per heavy atom. The van der Waals surface area contributed by atoms with Crippen molar-refractivity contribution < 1.29 is 77.4 Å². The molecule has 1 unspecified atom stereocenters. The minimum absolute atomic E-state index is 0.147. The van der Waals surface area contributed by atoms with E-state index >= 15 is 4.79 Å². The predicted octanol–water partition coefficient (Wildman–Crippen LogP) is 0.422. The van der Waals surface area contributed by atoms with E-state index in [4.69, 9.17) is 18.9 Å². The van der Waals surface area contributed by atoms with Gasteiger partial charge in [0.2, 0.25) is 41.4 Å². The molecular formula is C55H79N7O16. The Morgan fingerprint density at radius 3 is 2.08 bits per heavy atom. The normalized spacial score (nSPS) is 27.6. The van der Waals surface area contributed by atoms with Gasteiger partial charge in [-0.2, -0.15) is 0 Å². The van der Waals surface area contributed by atoms with Crippen molar-refractivity contribution in [1.29, 1.82) is 0 Å². The highest BCUT2D eigenvalue weighted by Gasteiger charge is 2.42. The summed E-state index contributed by atoms with van der Waals surface area (Å²) >= 11 is 0. The Morgan fingerprint density at radius 1 is 0.833 bits per heavy atom. The van der Waals surface area contributed by atoms with E-state index in [9.17, 15) is 53.7 Å². The van der Waals surface area contributed by atoms with Crippen LogP contribution in [0.25, 0.3) is 0 Å². The quantitative estimate of drug-likeness (QED) is 0.0915. The molecule has 4 bridgehead atoms. The first kappa shape index (κ1) is 63.6. The predicted molar refractivity (Wildman–Crippen MR) is 282 cm³/mol. The largest absolute Gasteiger partial charge is 0.487 e. The number of aliphatic hydroxyl groups is 3. The van der Waals surface area contributed by atoms with E-state index in [0.717, 1.165) is 17.4 Å². The highest BCUT2D eigenvalue weighted by molar-refractivity contribution is 5.98. The lowest BCUT2D eigenvalue weighted by atomic mass is 9.93. The van der Waals surface area contributed by atoms with E-state index in [0.29, 0.717) is 12.0 Å². The van der Waals surface area contributed by atoms with Crippen LogP contribution in [0.4, 0.5) is 0 Å². The number of ether oxygens (including phenoxy) is 4. The minimum Gasteiger partial charge on any atom is -0.487 e. The van der Waals surface area contributed by atoms with Crippen molar-refractivity contribution in [2.45, 2.75) is 154 Å². The second-order valence-electron chi connectivity index (χ2n) is 20.3. The number of hydrogen-bond acceptors (Lipinski definition) is 16. The van der Waals surface area contributed by atoms with Crippen molar-refractivity contribution in [3.05, 3.63) is 77.9 Å². The fourth-order valence-corrected chi connectivity index (χ4v) is 8.54. The summed E-state index contributed by atoms with van der Waals surface area (Å²) in [5.41, 5.74) is -0.920. The standard InChI is InChI=1S/C55H79N7O16/c1-11-13-25-76-55(29-63)24-23-41(65)56-27-42(66)75-28-39-54(74)77-34(8)45(60-48(68)32(6)47(67)30(3)4)52(72)58-43(31(5)12-2)50(70)61-46(37-19-21-38(22-20-37)78-35(55)9)53(73)62(10)40(26-36-17-15-14-16-18-36)49(69)59-44(33(7)64)51(71)57-39/h14-24,30-35,39-40,43-47,63-64,67H,11-13,25-29H2,1-10H3,(H,56,65)(H,57,71)(H,58,72)(H,59,69)(H,60,68)(H,61,70)/b24-23+/t31-,32+,33+,34+,35+,39-,40-,43+,44+,45-,46-,47+,55?/m0/s1. The van der Waals surface area contributed by atoms with Crippen LogP contribution in [-0.2, 0) is 63.8 Å². The van der Waals surface area contributed by atoms with Crippen molar-refractivity contribution in [1.82, 2.24) is 36.8 Å². The molecule has 0 saturated carbocycles. The van der Waals surface area contributed by atoms with E-state index < -0.39 is 157 Å². The number of unbranched alkanes of at least 4 members (excludes halogenated alkanes) is 1. The van der Waals surface area contributed by atoms with Crippen LogP contribution in [0, 0.1) is 17.8 Å². The summed E-state index contributed by atoms with van der Waals surface area (Å²) in [5, 5.41) is 48.0. The number of benzene rings is 2.